The first kappa shape index (κ1) is 14.2. The highest BCUT2D eigenvalue weighted by Gasteiger charge is 2.22. The van der Waals surface area contributed by atoms with E-state index in [1.54, 1.807) is 12.1 Å². The van der Waals surface area contributed by atoms with Gasteiger partial charge in [0.05, 0.1) is 16.3 Å². The van der Waals surface area contributed by atoms with E-state index in [1.165, 1.54) is 17.4 Å². The van der Waals surface area contributed by atoms with Gasteiger partial charge >= 0.3 is 0 Å². The number of rotatable bonds is 4. The zero-order valence-electron chi connectivity index (χ0n) is 11.8. The number of benzene rings is 1. The second-order valence-corrected chi connectivity index (χ2v) is 5.83. The highest BCUT2D eigenvalue weighted by molar-refractivity contribution is 7.18. The Morgan fingerprint density at radius 1 is 1.36 bits per heavy atom. The molecule has 0 radical (unpaired) electrons. The van der Waals surface area contributed by atoms with E-state index in [1.807, 2.05) is 43.3 Å². The highest BCUT2D eigenvalue weighted by Crippen LogP contribution is 2.28. The number of fused-ring (bicyclic) bond motifs is 1. The van der Waals surface area contributed by atoms with Gasteiger partial charge in [0, 0.05) is 0 Å². The number of allylic oxidation sites excluding steroid dienone is 1. The Morgan fingerprint density at radius 3 is 2.86 bits per heavy atom. The smallest absolute Gasteiger partial charge is 0.179 e. The Bertz CT molecular complexity index is 866. The standard InChI is InChI=1S/C17H12N2O2S/c1-11-6-7-12(21-11)8-9-15(20)13(10-18)17-19-14-4-2-3-5-16(14)22-17/h2-9,13H,1H3/b9-8-/t13-/m1/s1. The number of aromatic nitrogens is 1. The first-order chi connectivity index (χ1) is 10.7. The summed E-state index contributed by atoms with van der Waals surface area (Å²) in [5.74, 6) is 0.183. The maximum absolute atomic E-state index is 12.2. The molecule has 3 rings (SSSR count). The van der Waals surface area contributed by atoms with Crippen molar-refractivity contribution in [2.75, 3.05) is 0 Å². The third kappa shape index (κ3) is 2.83. The van der Waals surface area contributed by atoms with E-state index in [-0.39, 0.29) is 5.78 Å². The van der Waals surface area contributed by atoms with Crippen LogP contribution in [0.2, 0.25) is 0 Å². The molecule has 0 bridgehead atoms. The summed E-state index contributed by atoms with van der Waals surface area (Å²) in [6, 6.07) is 13.2. The molecule has 0 saturated heterocycles. The Kier molecular flexibility index (Phi) is 3.86. The summed E-state index contributed by atoms with van der Waals surface area (Å²) >= 11 is 1.37. The predicted octanol–water partition coefficient (Wildman–Crippen LogP) is 4.09. The topological polar surface area (TPSA) is 66.9 Å². The van der Waals surface area contributed by atoms with Crippen LogP contribution in [0.5, 0.6) is 0 Å². The number of nitriles is 1. The van der Waals surface area contributed by atoms with Gasteiger partial charge in [-0.3, -0.25) is 4.79 Å². The van der Waals surface area contributed by atoms with Crippen molar-refractivity contribution in [3.63, 3.8) is 0 Å². The van der Waals surface area contributed by atoms with Crippen LogP contribution in [0.15, 0.2) is 46.9 Å². The number of para-hydroxylation sites is 1. The molecular formula is C17H12N2O2S. The fourth-order valence-electron chi connectivity index (χ4n) is 2.06. The van der Waals surface area contributed by atoms with Crippen molar-refractivity contribution in [1.82, 2.24) is 4.98 Å². The second kappa shape index (κ2) is 5.96. The third-order valence-corrected chi connectivity index (χ3v) is 4.25. The van der Waals surface area contributed by atoms with Crippen LogP contribution in [0.1, 0.15) is 22.4 Å². The molecule has 22 heavy (non-hydrogen) atoms. The van der Waals surface area contributed by atoms with Gasteiger partial charge in [0.1, 0.15) is 16.5 Å². The van der Waals surface area contributed by atoms with Gasteiger partial charge in [0.15, 0.2) is 11.7 Å². The van der Waals surface area contributed by atoms with E-state index in [9.17, 15) is 10.1 Å². The van der Waals surface area contributed by atoms with Crippen LogP contribution in [0, 0.1) is 18.3 Å². The molecule has 1 aromatic carbocycles. The first-order valence-corrected chi connectivity index (χ1v) is 7.52. The van der Waals surface area contributed by atoms with Gasteiger partial charge < -0.3 is 4.42 Å². The van der Waals surface area contributed by atoms with Crippen LogP contribution in [-0.2, 0) is 4.79 Å². The van der Waals surface area contributed by atoms with E-state index in [2.05, 4.69) is 4.98 Å². The van der Waals surface area contributed by atoms with Gasteiger partial charge in [-0.1, -0.05) is 12.1 Å². The van der Waals surface area contributed by atoms with Crippen molar-refractivity contribution >= 4 is 33.4 Å². The molecule has 0 aliphatic carbocycles. The molecule has 0 aliphatic heterocycles. The normalized spacial score (nSPS) is 12.5. The number of carbonyl (C=O) groups is 1. The fraction of sp³-hybridized carbons (Fsp3) is 0.118. The summed E-state index contributed by atoms with van der Waals surface area (Å²) in [5.41, 5.74) is 0.807. The minimum absolute atomic E-state index is 0.296. The lowest BCUT2D eigenvalue weighted by Gasteiger charge is -1.99. The summed E-state index contributed by atoms with van der Waals surface area (Å²) < 4.78 is 6.33. The molecule has 0 saturated carbocycles. The number of nitrogens with zero attached hydrogens (tertiary/aromatic N) is 2. The number of hydrogen-bond acceptors (Lipinski definition) is 5. The molecule has 0 fully saturated rings. The predicted molar refractivity (Wildman–Crippen MR) is 85.5 cm³/mol. The van der Waals surface area contributed by atoms with Crippen molar-refractivity contribution in [2.45, 2.75) is 12.8 Å². The highest BCUT2D eigenvalue weighted by atomic mass is 32.1. The minimum atomic E-state index is -0.885. The molecule has 2 heterocycles. The van der Waals surface area contributed by atoms with E-state index < -0.39 is 5.92 Å². The van der Waals surface area contributed by atoms with Gasteiger partial charge in [0.25, 0.3) is 0 Å². The van der Waals surface area contributed by atoms with E-state index in [0.29, 0.717) is 10.8 Å². The Hall–Kier alpha value is -2.71. The number of furan rings is 1. The van der Waals surface area contributed by atoms with Crippen LogP contribution in [0.25, 0.3) is 16.3 Å². The molecule has 0 unspecified atom stereocenters. The first-order valence-electron chi connectivity index (χ1n) is 6.71. The van der Waals surface area contributed by atoms with Crippen molar-refractivity contribution in [3.8, 4) is 6.07 Å². The van der Waals surface area contributed by atoms with Crippen molar-refractivity contribution in [2.24, 2.45) is 0 Å². The third-order valence-electron chi connectivity index (χ3n) is 3.14. The summed E-state index contributed by atoms with van der Waals surface area (Å²) in [5, 5.41) is 9.84. The fourth-order valence-corrected chi connectivity index (χ4v) is 3.08. The summed E-state index contributed by atoms with van der Waals surface area (Å²) in [6.07, 6.45) is 2.95. The van der Waals surface area contributed by atoms with Crippen molar-refractivity contribution in [3.05, 3.63) is 59.0 Å². The summed E-state index contributed by atoms with van der Waals surface area (Å²) in [6.45, 7) is 1.83. The zero-order chi connectivity index (χ0) is 15.5. The Morgan fingerprint density at radius 2 is 2.18 bits per heavy atom. The molecule has 0 amide bonds. The lowest BCUT2D eigenvalue weighted by molar-refractivity contribution is -0.114. The molecule has 5 heteroatoms. The molecular weight excluding hydrogens is 296 g/mol. The van der Waals surface area contributed by atoms with Gasteiger partial charge in [0.2, 0.25) is 0 Å². The Labute approximate surface area is 131 Å². The van der Waals surface area contributed by atoms with E-state index in [4.69, 9.17) is 4.42 Å². The molecule has 0 aliphatic rings. The van der Waals surface area contributed by atoms with Crippen LogP contribution in [-0.4, -0.2) is 10.8 Å². The second-order valence-electron chi connectivity index (χ2n) is 4.77. The average Bonchev–Trinajstić information content (AvgIpc) is 3.11. The Balaban J connectivity index is 1.85. The van der Waals surface area contributed by atoms with Gasteiger partial charge in [-0.25, -0.2) is 4.98 Å². The lowest BCUT2D eigenvalue weighted by atomic mass is 10.1. The van der Waals surface area contributed by atoms with Gasteiger partial charge in [-0.15, -0.1) is 11.3 Å². The quantitative estimate of drug-likeness (QED) is 0.681. The van der Waals surface area contributed by atoms with Crippen LogP contribution in [0.4, 0.5) is 0 Å². The molecule has 4 nitrogen and oxygen atoms in total. The molecule has 3 aromatic rings. The molecule has 1 atom stereocenters. The van der Waals surface area contributed by atoms with Crippen molar-refractivity contribution < 1.29 is 9.21 Å². The maximum Gasteiger partial charge on any atom is 0.179 e. The number of aryl methyl sites for hydroxylation is 1. The van der Waals surface area contributed by atoms with E-state index in [0.717, 1.165) is 16.0 Å². The monoisotopic (exact) mass is 308 g/mol. The summed E-state index contributed by atoms with van der Waals surface area (Å²) in [4.78, 5) is 16.6. The van der Waals surface area contributed by atoms with Crippen LogP contribution >= 0.6 is 11.3 Å². The molecule has 108 valence electrons. The maximum atomic E-state index is 12.2. The van der Waals surface area contributed by atoms with Gasteiger partial charge in [-0.05, 0) is 43.3 Å². The number of hydrogen-bond donors (Lipinski definition) is 0. The molecule has 0 spiro atoms. The largest absolute Gasteiger partial charge is 0.462 e. The number of ketones is 1. The van der Waals surface area contributed by atoms with E-state index >= 15 is 0 Å². The SMILES string of the molecule is Cc1ccc(/C=C\C(=O)[C@@H](C#N)c2nc3ccccc3s2)o1. The molecule has 2 aromatic heterocycles. The molecule has 0 N–H and O–H groups in total. The number of carbonyl (C=O) groups excluding carboxylic acids is 1. The van der Waals surface area contributed by atoms with Gasteiger partial charge in [-0.2, -0.15) is 5.26 Å². The summed E-state index contributed by atoms with van der Waals surface area (Å²) in [7, 11) is 0. The average molecular weight is 308 g/mol. The zero-order valence-corrected chi connectivity index (χ0v) is 12.6. The lowest BCUT2D eigenvalue weighted by Crippen LogP contribution is -2.07. The number of thiazole rings is 1. The van der Waals surface area contributed by atoms with Crippen LogP contribution < -0.4 is 0 Å². The van der Waals surface area contributed by atoms with Crippen LogP contribution in [0.3, 0.4) is 0 Å². The minimum Gasteiger partial charge on any atom is -0.462 e. The van der Waals surface area contributed by atoms with Crippen molar-refractivity contribution in [1.29, 1.82) is 5.26 Å².